The van der Waals surface area contributed by atoms with Crippen molar-refractivity contribution in [2.24, 2.45) is 0 Å². The van der Waals surface area contributed by atoms with Gasteiger partial charge < -0.3 is 19.9 Å². The van der Waals surface area contributed by atoms with E-state index in [1.807, 2.05) is 17.5 Å². The van der Waals surface area contributed by atoms with Crippen LogP contribution in [0, 0.1) is 0 Å². The molecule has 0 aliphatic heterocycles. The summed E-state index contributed by atoms with van der Waals surface area (Å²) in [6.45, 7) is 2.39. The lowest BCUT2D eigenvalue weighted by molar-refractivity contribution is 0.0526. The second kappa shape index (κ2) is 8.54. The molecule has 0 atom stereocenters. The molecule has 0 saturated carbocycles. The number of hydrogen-bond donors (Lipinski definition) is 2. The first-order valence-corrected chi connectivity index (χ1v) is 9.13. The van der Waals surface area contributed by atoms with Gasteiger partial charge in [0.05, 0.1) is 23.6 Å². The molecule has 0 bridgehead atoms. The Labute approximate surface area is 159 Å². The van der Waals surface area contributed by atoms with Gasteiger partial charge in [-0.25, -0.2) is 4.79 Å². The van der Waals surface area contributed by atoms with Crippen molar-refractivity contribution in [2.75, 3.05) is 11.9 Å². The summed E-state index contributed by atoms with van der Waals surface area (Å²) in [4.78, 5) is 17.0. The molecule has 2 aromatic heterocycles. The first-order chi connectivity index (χ1) is 12.7. The van der Waals surface area contributed by atoms with Crippen LogP contribution in [-0.2, 0) is 11.3 Å². The number of thiocarbonyl (C=S) groups is 1. The largest absolute Gasteiger partial charge is 0.462 e. The topological polar surface area (TPSA) is 89.3 Å². The van der Waals surface area contributed by atoms with Gasteiger partial charge in [0.1, 0.15) is 0 Å². The fourth-order valence-electron chi connectivity index (χ4n) is 2.10. The molecule has 0 unspecified atom stereocenters. The fourth-order valence-corrected chi connectivity index (χ4v) is 2.94. The number of aromatic nitrogens is 2. The normalized spacial score (nSPS) is 10.3. The van der Waals surface area contributed by atoms with E-state index < -0.39 is 0 Å². The van der Waals surface area contributed by atoms with Gasteiger partial charge in [-0.1, -0.05) is 17.3 Å². The number of carbonyl (C=O) groups is 1. The highest BCUT2D eigenvalue weighted by Gasteiger charge is 2.10. The Kier molecular flexibility index (Phi) is 5.92. The molecule has 9 heteroatoms. The maximum atomic E-state index is 11.8. The van der Waals surface area contributed by atoms with Crippen LogP contribution in [0.4, 0.5) is 5.69 Å². The van der Waals surface area contributed by atoms with E-state index in [1.165, 1.54) is 0 Å². The van der Waals surface area contributed by atoms with Crippen molar-refractivity contribution in [3.05, 3.63) is 53.2 Å². The minimum absolute atomic E-state index is 0.293. The van der Waals surface area contributed by atoms with Crippen molar-refractivity contribution in [2.45, 2.75) is 13.5 Å². The average molecular weight is 388 g/mol. The van der Waals surface area contributed by atoms with Crippen molar-refractivity contribution in [1.29, 1.82) is 0 Å². The molecule has 134 valence electrons. The number of thiophene rings is 1. The van der Waals surface area contributed by atoms with Crippen LogP contribution in [0.1, 0.15) is 23.2 Å². The Hall–Kier alpha value is -2.78. The minimum Gasteiger partial charge on any atom is -0.462 e. The number of hydrogen-bond acceptors (Lipinski definition) is 7. The predicted octanol–water partition coefficient (Wildman–Crippen LogP) is 3.46. The van der Waals surface area contributed by atoms with Crippen LogP contribution in [0.2, 0.25) is 0 Å². The van der Waals surface area contributed by atoms with Crippen LogP contribution in [0.5, 0.6) is 0 Å². The zero-order valence-corrected chi connectivity index (χ0v) is 15.5. The third-order valence-electron chi connectivity index (χ3n) is 3.24. The van der Waals surface area contributed by atoms with Crippen LogP contribution in [0.15, 0.2) is 46.3 Å². The zero-order valence-electron chi connectivity index (χ0n) is 13.9. The lowest BCUT2D eigenvalue weighted by Crippen LogP contribution is -2.28. The summed E-state index contributed by atoms with van der Waals surface area (Å²) in [7, 11) is 0. The summed E-state index contributed by atoms with van der Waals surface area (Å²) in [6, 6.07) is 10.8. The van der Waals surface area contributed by atoms with E-state index in [0.29, 0.717) is 41.2 Å². The second-order valence-corrected chi connectivity index (χ2v) is 6.45. The molecule has 0 saturated heterocycles. The summed E-state index contributed by atoms with van der Waals surface area (Å²) in [6.07, 6.45) is 0. The smallest absolute Gasteiger partial charge is 0.338 e. The molecular weight excluding hydrogens is 372 g/mol. The Morgan fingerprint density at radius 1 is 1.35 bits per heavy atom. The Balaban J connectivity index is 1.54. The molecular formula is C17H16N4O3S2. The number of nitrogens with one attached hydrogen (secondary N) is 2. The van der Waals surface area contributed by atoms with Crippen LogP contribution >= 0.6 is 23.6 Å². The highest BCUT2D eigenvalue weighted by Crippen LogP contribution is 2.21. The van der Waals surface area contributed by atoms with E-state index in [0.717, 1.165) is 4.88 Å². The molecule has 0 fully saturated rings. The molecule has 3 rings (SSSR count). The summed E-state index contributed by atoms with van der Waals surface area (Å²) >= 11 is 6.80. The summed E-state index contributed by atoms with van der Waals surface area (Å²) < 4.78 is 10.2. The van der Waals surface area contributed by atoms with Gasteiger partial charge in [0.15, 0.2) is 5.11 Å². The Morgan fingerprint density at radius 3 is 3.00 bits per heavy atom. The molecule has 2 N–H and O–H groups in total. The highest BCUT2D eigenvalue weighted by molar-refractivity contribution is 7.80. The van der Waals surface area contributed by atoms with Crippen LogP contribution in [0.25, 0.3) is 10.7 Å². The van der Waals surface area contributed by atoms with Crippen molar-refractivity contribution < 1.29 is 14.1 Å². The molecule has 0 radical (unpaired) electrons. The average Bonchev–Trinajstić information content (AvgIpc) is 3.32. The predicted molar refractivity (Wildman–Crippen MR) is 103 cm³/mol. The standard InChI is InChI=1S/C17H16N4O3S2/c1-2-23-16(22)11-5-3-6-12(9-11)19-17(25)18-10-14-20-15(21-24-14)13-7-4-8-26-13/h3-9H,2,10H2,1H3,(H2,18,19,25). The third kappa shape index (κ3) is 4.64. The van der Waals surface area contributed by atoms with Gasteiger partial charge in [-0.05, 0) is 48.8 Å². The van der Waals surface area contributed by atoms with Crippen LogP contribution in [-0.4, -0.2) is 27.8 Å². The Morgan fingerprint density at radius 2 is 2.23 bits per heavy atom. The van der Waals surface area contributed by atoms with Crippen molar-refractivity contribution in [1.82, 2.24) is 15.5 Å². The molecule has 0 spiro atoms. The van der Waals surface area contributed by atoms with Crippen molar-refractivity contribution >= 4 is 40.3 Å². The first-order valence-electron chi connectivity index (χ1n) is 7.84. The number of ether oxygens (including phenoxy) is 1. The first kappa shape index (κ1) is 18.0. The number of benzene rings is 1. The summed E-state index contributed by atoms with van der Waals surface area (Å²) in [5.41, 5.74) is 1.13. The SMILES string of the molecule is CCOC(=O)c1cccc(NC(=S)NCc2nc(-c3cccs3)no2)c1. The fraction of sp³-hybridized carbons (Fsp3) is 0.176. The van der Waals surface area contributed by atoms with E-state index >= 15 is 0 Å². The van der Waals surface area contributed by atoms with Crippen LogP contribution in [0.3, 0.4) is 0 Å². The summed E-state index contributed by atoms with van der Waals surface area (Å²) in [5.74, 6) is 0.609. The number of anilines is 1. The molecule has 3 aromatic rings. The van der Waals surface area contributed by atoms with E-state index in [1.54, 1.807) is 42.5 Å². The van der Waals surface area contributed by atoms with E-state index in [9.17, 15) is 4.79 Å². The monoisotopic (exact) mass is 388 g/mol. The number of carbonyl (C=O) groups excluding carboxylic acids is 1. The van der Waals surface area contributed by atoms with E-state index in [-0.39, 0.29) is 5.97 Å². The maximum absolute atomic E-state index is 11.8. The third-order valence-corrected chi connectivity index (χ3v) is 4.35. The van der Waals surface area contributed by atoms with Gasteiger partial charge in [0.2, 0.25) is 11.7 Å². The Bertz CT molecular complexity index is 893. The highest BCUT2D eigenvalue weighted by atomic mass is 32.1. The quantitative estimate of drug-likeness (QED) is 0.490. The van der Waals surface area contributed by atoms with Gasteiger partial charge in [0, 0.05) is 5.69 Å². The van der Waals surface area contributed by atoms with Crippen molar-refractivity contribution in [3.8, 4) is 10.7 Å². The molecule has 0 aliphatic carbocycles. The van der Waals surface area contributed by atoms with Crippen molar-refractivity contribution in [3.63, 3.8) is 0 Å². The van der Waals surface area contributed by atoms with Gasteiger partial charge in [-0.15, -0.1) is 11.3 Å². The number of nitrogens with zero attached hydrogens (tertiary/aromatic N) is 2. The lowest BCUT2D eigenvalue weighted by Gasteiger charge is -2.10. The zero-order chi connectivity index (χ0) is 18.4. The molecule has 7 nitrogen and oxygen atoms in total. The molecule has 0 aliphatic rings. The second-order valence-electron chi connectivity index (χ2n) is 5.10. The summed E-state index contributed by atoms with van der Waals surface area (Å²) in [5, 5.41) is 12.3. The molecule has 2 heterocycles. The van der Waals surface area contributed by atoms with E-state index in [2.05, 4.69) is 20.8 Å². The van der Waals surface area contributed by atoms with Gasteiger partial charge in [-0.2, -0.15) is 4.98 Å². The van der Waals surface area contributed by atoms with Crippen LogP contribution < -0.4 is 10.6 Å². The molecule has 0 amide bonds. The minimum atomic E-state index is -0.373. The lowest BCUT2D eigenvalue weighted by atomic mass is 10.2. The maximum Gasteiger partial charge on any atom is 0.338 e. The number of esters is 1. The van der Waals surface area contributed by atoms with Gasteiger partial charge >= 0.3 is 5.97 Å². The molecule has 1 aromatic carbocycles. The molecule has 26 heavy (non-hydrogen) atoms. The number of rotatable bonds is 6. The van der Waals surface area contributed by atoms with Gasteiger partial charge in [-0.3, -0.25) is 0 Å². The van der Waals surface area contributed by atoms with E-state index in [4.69, 9.17) is 21.5 Å². The van der Waals surface area contributed by atoms with Gasteiger partial charge in [0.25, 0.3) is 0 Å².